The SMILES string of the molecule is Fc1ccc(-c2ccc(-c3ccc4cc(-c5ccc(-c6ccc(F)cc6)cc5)ccc4c3)cc2)cc1. The maximum atomic E-state index is 13.2. The zero-order valence-corrected chi connectivity index (χ0v) is 19.5. The highest BCUT2D eigenvalue weighted by Crippen LogP contribution is 2.31. The molecule has 0 aliphatic rings. The Morgan fingerprint density at radius 2 is 0.472 bits per heavy atom. The monoisotopic (exact) mass is 468 g/mol. The molecule has 0 heterocycles. The molecule has 0 amide bonds. The third-order valence-electron chi connectivity index (χ3n) is 6.63. The maximum absolute atomic E-state index is 13.2. The molecule has 172 valence electrons. The minimum Gasteiger partial charge on any atom is -0.207 e. The van der Waals surface area contributed by atoms with Crippen molar-refractivity contribution in [2.75, 3.05) is 0 Å². The molecule has 0 saturated heterocycles. The van der Waals surface area contributed by atoms with E-state index in [9.17, 15) is 8.78 Å². The van der Waals surface area contributed by atoms with Crippen molar-refractivity contribution in [3.05, 3.63) is 145 Å². The fourth-order valence-corrected chi connectivity index (χ4v) is 4.60. The Bertz CT molecular complexity index is 1520. The van der Waals surface area contributed by atoms with Gasteiger partial charge in [-0.1, -0.05) is 97.1 Å². The van der Waals surface area contributed by atoms with Gasteiger partial charge in [-0.25, -0.2) is 8.78 Å². The molecule has 0 spiro atoms. The Kier molecular flexibility index (Phi) is 5.63. The van der Waals surface area contributed by atoms with Gasteiger partial charge in [-0.05, 0) is 91.7 Å². The van der Waals surface area contributed by atoms with Crippen molar-refractivity contribution in [3.8, 4) is 44.5 Å². The van der Waals surface area contributed by atoms with Crippen LogP contribution in [0.4, 0.5) is 8.78 Å². The minimum atomic E-state index is -0.225. The van der Waals surface area contributed by atoms with E-state index in [-0.39, 0.29) is 11.6 Å². The molecule has 2 heteroatoms. The first-order valence-corrected chi connectivity index (χ1v) is 11.9. The van der Waals surface area contributed by atoms with Gasteiger partial charge in [-0.15, -0.1) is 0 Å². The first-order valence-electron chi connectivity index (χ1n) is 11.9. The lowest BCUT2D eigenvalue weighted by atomic mass is 9.96. The summed E-state index contributed by atoms with van der Waals surface area (Å²) in [6, 6.07) is 42.9. The van der Waals surface area contributed by atoms with E-state index >= 15 is 0 Å². The van der Waals surface area contributed by atoms with Gasteiger partial charge in [0.2, 0.25) is 0 Å². The summed E-state index contributed by atoms with van der Waals surface area (Å²) in [7, 11) is 0. The summed E-state index contributed by atoms with van der Waals surface area (Å²) in [6.45, 7) is 0. The van der Waals surface area contributed by atoms with E-state index in [2.05, 4.69) is 84.9 Å². The highest BCUT2D eigenvalue weighted by molar-refractivity contribution is 5.91. The van der Waals surface area contributed by atoms with Gasteiger partial charge >= 0.3 is 0 Å². The lowest BCUT2D eigenvalue weighted by molar-refractivity contribution is 0.627. The number of hydrogen-bond acceptors (Lipinski definition) is 0. The summed E-state index contributed by atoms with van der Waals surface area (Å²) in [5.74, 6) is -0.451. The van der Waals surface area contributed by atoms with Gasteiger partial charge in [0.05, 0.1) is 0 Å². The van der Waals surface area contributed by atoms with E-state index in [1.807, 2.05) is 0 Å². The number of rotatable bonds is 4. The Morgan fingerprint density at radius 1 is 0.250 bits per heavy atom. The highest BCUT2D eigenvalue weighted by Gasteiger charge is 2.05. The van der Waals surface area contributed by atoms with E-state index < -0.39 is 0 Å². The van der Waals surface area contributed by atoms with Crippen LogP contribution >= 0.6 is 0 Å². The molecule has 0 N–H and O–H groups in total. The van der Waals surface area contributed by atoms with Crippen LogP contribution in [0.3, 0.4) is 0 Å². The first kappa shape index (κ1) is 21.9. The molecule has 0 nitrogen and oxygen atoms in total. The molecule has 0 bridgehead atoms. The van der Waals surface area contributed by atoms with Crippen LogP contribution in [0.1, 0.15) is 0 Å². The van der Waals surface area contributed by atoms with E-state index in [1.54, 1.807) is 24.3 Å². The topological polar surface area (TPSA) is 0 Å². The highest BCUT2D eigenvalue weighted by atomic mass is 19.1. The Morgan fingerprint density at radius 3 is 0.778 bits per heavy atom. The number of fused-ring (bicyclic) bond motifs is 1. The van der Waals surface area contributed by atoms with Crippen LogP contribution in [0.25, 0.3) is 55.3 Å². The summed E-state index contributed by atoms with van der Waals surface area (Å²) >= 11 is 0. The van der Waals surface area contributed by atoms with Crippen LogP contribution < -0.4 is 0 Å². The van der Waals surface area contributed by atoms with E-state index in [4.69, 9.17) is 0 Å². The quantitative estimate of drug-likeness (QED) is 0.241. The zero-order valence-electron chi connectivity index (χ0n) is 19.5. The molecule has 0 aliphatic heterocycles. The molecule has 0 atom stereocenters. The molecule has 6 rings (SSSR count). The fraction of sp³-hybridized carbons (Fsp3) is 0. The van der Waals surface area contributed by atoms with E-state index in [0.717, 1.165) is 44.5 Å². The minimum absolute atomic E-state index is 0.225. The smallest absolute Gasteiger partial charge is 0.123 e. The predicted molar refractivity (Wildman–Crippen MR) is 146 cm³/mol. The average Bonchev–Trinajstić information content (AvgIpc) is 2.94. The van der Waals surface area contributed by atoms with E-state index in [0.29, 0.717) is 0 Å². The second-order valence-corrected chi connectivity index (χ2v) is 8.95. The van der Waals surface area contributed by atoms with Crippen LogP contribution in [-0.2, 0) is 0 Å². The summed E-state index contributed by atoms with van der Waals surface area (Å²) in [5, 5.41) is 2.36. The van der Waals surface area contributed by atoms with Crippen LogP contribution in [-0.4, -0.2) is 0 Å². The lowest BCUT2D eigenvalue weighted by Crippen LogP contribution is -1.84. The van der Waals surface area contributed by atoms with Crippen LogP contribution in [0.2, 0.25) is 0 Å². The molecule has 0 aromatic heterocycles. The Balaban J connectivity index is 1.25. The van der Waals surface area contributed by atoms with E-state index in [1.165, 1.54) is 35.0 Å². The number of benzene rings is 6. The normalized spacial score (nSPS) is 11.1. The van der Waals surface area contributed by atoms with Crippen molar-refractivity contribution >= 4 is 10.8 Å². The predicted octanol–water partition coefficient (Wildman–Crippen LogP) is 9.79. The second-order valence-electron chi connectivity index (χ2n) is 8.95. The summed E-state index contributed by atoms with van der Waals surface area (Å²) in [5.41, 5.74) is 8.73. The molecule has 6 aromatic carbocycles. The molecule has 0 radical (unpaired) electrons. The molecule has 0 unspecified atom stereocenters. The van der Waals surface area contributed by atoms with Crippen molar-refractivity contribution in [1.29, 1.82) is 0 Å². The summed E-state index contributed by atoms with van der Waals surface area (Å²) < 4.78 is 26.4. The number of halogens is 2. The molecule has 0 saturated carbocycles. The van der Waals surface area contributed by atoms with Crippen LogP contribution in [0, 0.1) is 11.6 Å². The second kappa shape index (κ2) is 9.24. The molecular formula is C34H22F2. The summed E-state index contributed by atoms with van der Waals surface area (Å²) in [6.07, 6.45) is 0. The Hall–Kier alpha value is -4.56. The molecule has 6 aromatic rings. The maximum Gasteiger partial charge on any atom is 0.123 e. The van der Waals surface area contributed by atoms with Crippen molar-refractivity contribution in [1.82, 2.24) is 0 Å². The molecular weight excluding hydrogens is 446 g/mol. The molecule has 0 aliphatic carbocycles. The van der Waals surface area contributed by atoms with Crippen LogP contribution in [0.15, 0.2) is 133 Å². The van der Waals surface area contributed by atoms with Gasteiger partial charge in [0.15, 0.2) is 0 Å². The van der Waals surface area contributed by atoms with Crippen molar-refractivity contribution in [2.45, 2.75) is 0 Å². The van der Waals surface area contributed by atoms with Crippen molar-refractivity contribution < 1.29 is 8.78 Å². The third-order valence-corrected chi connectivity index (χ3v) is 6.63. The fourth-order valence-electron chi connectivity index (χ4n) is 4.60. The standard InChI is InChI=1S/C34H22F2/c35-33-17-13-25(14-18-33)23-1-5-27(6-2-23)29-9-11-32-22-30(10-12-31(32)21-29)28-7-3-24(4-8-28)26-15-19-34(36)20-16-26/h1-22H. The first-order chi connectivity index (χ1) is 17.6. The van der Waals surface area contributed by atoms with Crippen molar-refractivity contribution in [2.24, 2.45) is 0 Å². The molecule has 0 fully saturated rings. The van der Waals surface area contributed by atoms with Gasteiger partial charge in [0, 0.05) is 0 Å². The van der Waals surface area contributed by atoms with Gasteiger partial charge in [-0.3, -0.25) is 0 Å². The van der Waals surface area contributed by atoms with Gasteiger partial charge in [-0.2, -0.15) is 0 Å². The van der Waals surface area contributed by atoms with Crippen molar-refractivity contribution in [3.63, 3.8) is 0 Å². The van der Waals surface area contributed by atoms with Gasteiger partial charge in [0.25, 0.3) is 0 Å². The third kappa shape index (κ3) is 4.42. The zero-order chi connectivity index (χ0) is 24.5. The van der Waals surface area contributed by atoms with Crippen LogP contribution in [0.5, 0.6) is 0 Å². The Labute approximate surface area is 209 Å². The van der Waals surface area contributed by atoms with Gasteiger partial charge in [0.1, 0.15) is 11.6 Å². The lowest BCUT2D eigenvalue weighted by Gasteiger charge is -2.09. The van der Waals surface area contributed by atoms with Gasteiger partial charge < -0.3 is 0 Å². The summed E-state index contributed by atoms with van der Waals surface area (Å²) in [4.78, 5) is 0. The largest absolute Gasteiger partial charge is 0.207 e. The molecule has 36 heavy (non-hydrogen) atoms. The number of hydrogen-bond donors (Lipinski definition) is 0. The average molecular weight is 469 g/mol.